The van der Waals surface area contributed by atoms with Gasteiger partial charge in [0.2, 0.25) is 0 Å². The number of anilines is 4. The number of benzene rings is 1. The number of hydrogen-bond donors (Lipinski definition) is 4. The van der Waals surface area contributed by atoms with Crippen LogP contribution in [-0.2, 0) is 15.9 Å². The number of nitrogens with zero attached hydrogens (tertiary/aromatic N) is 6. The highest BCUT2D eigenvalue weighted by molar-refractivity contribution is 7.22. The van der Waals surface area contributed by atoms with E-state index in [-0.39, 0.29) is 22.1 Å². The maximum atomic E-state index is 12.9. The van der Waals surface area contributed by atoms with Crippen molar-refractivity contribution in [3.8, 4) is 0 Å². The van der Waals surface area contributed by atoms with Gasteiger partial charge >= 0.3 is 5.97 Å². The third-order valence-corrected chi connectivity index (χ3v) is 15.0. The molecule has 4 aliphatic carbocycles. The predicted octanol–water partition coefficient (Wildman–Crippen LogP) is 8.31. The van der Waals surface area contributed by atoms with E-state index in [1.807, 2.05) is 24.8 Å². The van der Waals surface area contributed by atoms with Gasteiger partial charge in [-0.05, 0) is 125 Å². The van der Waals surface area contributed by atoms with Crippen LogP contribution in [0, 0.1) is 41.9 Å². The summed E-state index contributed by atoms with van der Waals surface area (Å²) in [5.41, 5.74) is 6.19. The molecule has 0 amide bonds. The molecule has 4 aromatic rings. The first-order chi connectivity index (χ1) is 28.8. The molecule has 4 bridgehead atoms. The molecule has 4 saturated carbocycles. The molecule has 3 aromatic heterocycles. The Labute approximate surface area is 356 Å². The second-order valence-electron chi connectivity index (χ2n) is 19.1. The monoisotopic (exact) mass is 833 g/mol. The Morgan fingerprint density at radius 1 is 1.05 bits per heavy atom. The summed E-state index contributed by atoms with van der Waals surface area (Å²) in [6.07, 6.45) is 9.86. The zero-order valence-corrected chi connectivity index (χ0v) is 36.5. The van der Waals surface area contributed by atoms with Crippen molar-refractivity contribution >= 4 is 61.9 Å². The molecule has 10 rings (SSSR count). The first-order valence-corrected chi connectivity index (χ1v) is 22.6. The third kappa shape index (κ3) is 8.03. The van der Waals surface area contributed by atoms with E-state index in [9.17, 15) is 9.90 Å². The number of morpholine rings is 1. The fourth-order valence-corrected chi connectivity index (χ4v) is 12.8. The highest BCUT2D eigenvalue weighted by Gasteiger charge is 2.60. The summed E-state index contributed by atoms with van der Waals surface area (Å²) in [7, 11) is 0. The average Bonchev–Trinajstić information content (AvgIpc) is 3.55. The van der Waals surface area contributed by atoms with Crippen molar-refractivity contribution in [1.82, 2.24) is 30.4 Å². The molecular formula is C46H59N9O4S. The van der Waals surface area contributed by atoms with Gasteiger partial charge in [-0.2, -0.15) is 0 Å². The van der Waals surface area contributed by atoms with Crippen LogP contribution in [-0.4, -0.2) is 101 Å². The van der Waals surface area contributed by atoms with Crippen molar-refractivity contribution in [2.24, 2.45) is 22.7 Å². The number of fused-ring (bicyclic) bond motifs is 3. The van der Waals surface area contributed by atoms with E-state index in [2.05, 4.69) is 64.7 Å². The van der Waals surface area contributed by atoms with Gasteiger partial charge in [0, 0.05) is 66.9 Å². The molecule has 5 fully saturated rings. The highest BCUT2D eigenvalue weighted by atomic mass is 32.1. The number of aryl methyl sites for hydroxylation is 1. The number of hydrogen-bond acceptors (Lipinski definition) is 13. The minimum atomic E-state index is -1.14. The first-order valence-electron chi connectivity index (χ1n) is 21.7. The van der Waals surface area contributed by atoms with E-state index in [1.54, 1.807) is 17.4 Å². The second-order valence-corrected chi connectivity index (χ2v) is 20.1. The van der Waals surface area contributed by atoms with Gasteiger partial charge in [0.25, 0.3) is 0 Å². The van der Waals surface area contributed by atoms with E-state index >= 15 is 0 Å². The summed E-state index contributed by atoms with van der Waals surface area (Å²) in [4.78, 5) is 26.8. The number of aromatic nitrogens is 4. The largest absolute Gasteiger partial charge is 0.476 e. The van der Waals surface area contributed by atoms with Crippen molar-refractivity contribution in [3.05, 3.63) is 64.0 Å². The summed E-state index contributed by atoms with van der Waals surface area (Å²) in [5, 5.41) is 36.2. The number of carboxylic acid groups (broad SMARTS) is 1. The maximum absolute atomic E-state index is 12.9. The number of nitrogens with one attached hydrogen (secondary N) is 3. The van der Waals surface area contributed by atoms with Crippen LogP contribution in [0.5, 0.6) is 0 Å². The molecule has 1 saturated heterocycles. The Balaban J connectivity index is 0.918. The summed E-state index contributed by atoms with van der Waals surface area (Å²) in [6.45, 7) is 17.7. The SMILES string of the molecule is C/C(NCC1CC2(C)CC3(C)CC1CC(OCCN1CCOCC1)(C2)C3)=C(/C=N)c1ccc(N2CCCc3c2nnc(Nc2nc4cc(C)ccc4s2)c3C)nc1C(=O)O. The number of ether oxygens (including phenoxy) is 2. The number of carbonyl (C=O) groups is 1. The molecule has 6 aliphatic rings. The molecule has 0 spiro atoms. The van der Waals surface area contributed by atoms with Gasteiger partial charge < -0.3 is 35.5 Å². The quantitative estimate of drug-likeness (QED) is 0.0956. The van der Waals surface area contributed by atoms with Crippen molar-refractivity contribution in [2.75, 3.05) is 62.8 Å². The summed E-state index contributed by atoms with van der Waals surface area (Å²) in [6, 6.07) is 9.89. The standard InChI is InChI=1S/C46H59N9O4S/c1-28-8-10-37-36(19-28)49-43(60-37)51-40-29(2)33-7-6-12-55(41(33)53-52-40)38-11-9-34(39(50-38)42(56)57)35(23-47)30(3)48-24-32-21-45(5)25-44(4)20-31(32)22-46(26-44,27-45)59-18-15-54-13-16-58-17-14-54/h8-11,19,23,31-32,47-48H,6-7,12-18,20-22,24-27H2,1-5H3,(H,56,57)(H,49,51,52)/b35-30+,47-23?. The number of thiazole rings is 1. The number of aromatic carboxylic acids is 1. The zero-order valence-electron chi connectivity index (χ0n) is 35.7. The molecule has 60 heavy (non-hydrogen) atoms. The first kappa shape index (κ1) is 40.9. The van der Waals surface area contributed by atoms with Gasteiger partial charge in [-0.15, -0.1) is 10.2 Å². The molecule has 1 aromatic carbocycles. The third-order valence-electron chi connectivity index (χ3n) is 14.1. The van der Waals surface area contributed by atoms with Gasteiger partial charge in [-0.1, -0.05) is 31.3 Å². The number of pyridine rings is 1. The van der Waals surface area contributed by atoms with E-state index in [0.29, 0.717) is 47.0 Å². The normalized spacial score (nSPS) is 28.0. The Bertz CT molecular complexity index is 2340. The molecular weight excluding hydrogens is 775 g/mol. The van der Waals surface area contributed by atoms with Gasteiger partial charge in [0.05, 0.1) is 35.6 Å². The fraction of sp³-hybridized carbons (Fsp3) is 0.565. The van der Waals surface area contributed by atoms with E-state index in [1.165, 1.54) is 19.1 Å². The zero-order chi connectivity index (χ0) is 41.8. The lowest BCUT2D eigenvalue weighted by atomic mass is 9.53. The average molecular weight is 834 g/mol. The maximum Gasteiger partial charge on any atom is 0.355 e. The van der Waals surface area contributed by atoms with E-state index in [4.69, 9.17) is 24.9 Å². The molecule has 2 aliphatic heterocycles. The summed E-state index contributed by atoms with van der Waals surface area (Å²) in [5.74, 6) is 1.69. The Hall–Kier alpha value is -4.50. The van der Waals surface area contributed by atoms with Gasteiger partial charge in [0.1, 0.15) is 5.82 Å². The molecule has 0 radical (unpaired) electrons. The molecule has 5 atom stereocenters. The Morgan fingerprint density at radius 2 is 1.85 bits per heavy atom. The van der Waals surface area contributed by atoms with Crippen LogP contribution in [0.25, 0.3) is 15.8 Å². The van der Waals surface area contributed by atoms with E-state index in [0.717, 1.165) is 122 Å². The summed E-state index contributed by atoms with van der Waals surface area (Å²) >= 11 is 1.58. The molecule has 13 nitrogen and oxygen atoms in total. The molecule has 5 heterocycles. The second kappa shape index (κ2) is 16.1. The molecule has 318 valence electrons. The van der Waals surface area contributed by atoms with Crippen molar-refractivity contribution in [2.45, 2.75) is 91.6 Å². The fourth-order valence-electron chi connectivity index (χ4n) is 12.0. The van der Waals surface area contributed by atoms with E-state index < -0.39 is 5.97 Å². The number of allylic oxidation sites excluding steroid dienone is 2. The Morgan fingerprint density at radius 3 is 2.63 bits per heavy atom. The van der Waals surface area contributed by atoms with Crippen molar-refractivity contribution in [3.63, 3.8) is 0 Å². The predicted molar refractivity (Wildman–Crippen MR) is 237 cm³/mol. The van der Waals surface area contributed by atoms with Crippen LogP contribution in [0.3, 0.4) is 0 Å². The summed E-state index contributed by atoms with van der Waals surface area (Å²) < 4.78 is 13.6. The molecule has 14 heteroatoms. The molecule has 4 N–H and O–H groups in total. The van der Waals surface area contributed by atoms with Crippen LogP contribution in [0.15, 0.2) is 36.0 Å². The smallest absolute Gasteiger partial charge is 0.355 e. The van der Waals surface area contributed by atoms with Crippen LogP contribution in [0.1, 0.15) is 98.5 Å². The van der Waals surface area contributed by atoms with Crippen LogP contribution < -0.4 is 15.5 Å². The van der Waals surface area contributed by atoms with Crippen molar-refractivity contribution in [1.29, 1.82) is 5.41 Å². The lowest BCUT2D eigenvalue weighted by Crippen LogP contribution is -2.53. The lowest BCUT2D eigenvalue weighted by molar-refractivity contribution is -0.166. The minimum absolute atomic E-state index is 0.0741. The lowest BCUT2D eigenvalue weighted by Gasteiger charge is -2.56. The highest BCUT2D eigenvalue weighted by Crippen LogP contribution is 2.66. The van der Waals surface area contributed by atoms with Crippen LogP contribution >= 0.6 is 11.3 Å². The van der Waals surface area contributed by atoms with Crippen molar-refractivity contribution < 1.29 is 19.4 Å². The van der Waals surface area contributed by atoms with Gasteiger partial charge in [-0.3, -0.25) is 4.90 Å². The van der Waals surface area contributed by atoms with Gasteiger partial charge in [-0.25, -0.2) is 14.8 Å². The van der Waals surface area contributed by atoms with Crippen LogP contribution in [0.4, 0.5) is 22.6 Å². The molecule has 5 unspecified atom stereocenters. The number of carboxylic acids is 1. The number of rotatable bonds is 13. The van der Waals surface area contributed by atoms with Gasteiger partial charge in [0.15, 0.2) is 22.5 Å². The topological polar surface area (TPSA) is 162 Å². The minimum Gasteiger partial charge on any atom is -0.476 e. The van der Waals surface area contributed by atoms with Crippen LogP contribution in [0.2, 0.25) is 0 Å². The Kier molecular flexibility index (Phi) is 11.0.